The van der Waals surface area contributed by atoms with Gasteiger partial charge in [-0.3, -0.25) is 9.59 Å². The first-order chi connectivity index (χ1) is 14.2. The molecular formula is C21H19N5O3. The predicted molar refractivity (Wildman–Crippen MR) is 104 cm³/mol. The first-order valence-electron chi connectivity index (χ1n) is 9.38. The second-order valence-corrected chi connectivity index (χ2v) is 6.71. The molecule has 1 aliphatic heterocycles. The molecule has 3 heterocycles. The lowest BCUT2D eigenvalue weighted by Gasteiger charge is -2.17. The standard InChI is InChI=1S/C21H19N5O3/c22-12-14-6-1-2-8-16(14)24-21(28)19-25-18(17-9-3-4-10-26(17)19)20(27)23-13-15-7-5-11-29-15/h1-2,5-8,11H,3-4,9-10,13H2,(H,23,27)(H,24,28). The van der Waals surface area contributed by atoms with Crippen molar-refractivity contribution in [1.82, 2.24) is 14.9 Å². The van der Waals surface area contributed by atoms with Gasteiger partial charge in [-0.15, -0.1) is 0 Å². The average molecular weight is 389 g/mol. The van der Waals surface area contributed by atoms with Crippen LogP contribution in [0, 0.1) is 11.3 Å². The molecule has 0 spiro atoms. The number of amides is 2. The van der Waals surface area contributed by atoms with Gasteiger partial charge in [-0.2, -0.15) is 5.26 Å². The molecule has 8 nitrogen and oxygen atoms in total. The zero-order chi connectivity index (χ0) is 20.2. The van der Waals surface area contributed by atoms with E-state index in [4.69, 9.17) is 4.42 Å². The van der Waals surface area contributed by atoms with Gasteiger partial charge in [-0.05, 0) is 43.5 Å². The molecule has 0 saturated heterocycles. The Labute approximate surface area is 167 Å². The Hall–Kier alpha value is -3.86. The van der Waals surface area contributed by atoms with Crippen molar-refractivity contribution in [3.8, 4) is 6.07 Å². The van der Waals surface area contributed by atoms with Crippen molar-refractivity contribution in [2.75, 3.05) is 5.32 Å². The van der Waals surface area contributed by atoms with Gasteiger partial charge in [0.25, 0.3) is 11.8 Å². The molecule has 4 rings (SSSR count). The highest BCUT2D eigenvalue weighted by Gasteiger charge is 2.27. The third-order valence-corrected chi connectivity index (χ3v) is 4.84. The minimum atomic E-state index is -0.444. The van der Waals surface area contributed by atoms with Crippen molar-refractivity contribution < 1.29 is 14.0 Å². The van der Waals surface area contributed by atoms with Crippen LogP contribution >= 0.6 is 0 Å². The molecule has 29 heavy (non-hydrogen) atoms. The zero-order valence-electron chi connectivity index (χ0n) is 15.6. The number of benzene rings is 1. The van der Waals surface area contributed by atoms with Crippen LogP contribution in [0.25, 0.3) is 0 Å². The lowest BCUT2D eigenvalue weighted by atomic mass is 10.1. The summed E-state index contributed by atoms with van der Waals surface area (Å²) in [5, 5.41) is 14.8. The van der Waals surface area contributed by atoms with Crippen molar-refractivity contribution in [1.29, 1.82) is 5.26 Å². The van der Waals surface area contributed by atoms with Crippen molar-refractivity contribution in [2.45, 2.75) is 32.4 Å². The van der Waals surface area contributed by atoms with Crippen molar-refractivity contribution in [3.05, 3.63) is 71.2 Å². The number of anilines is 1. The fraction of sp³-hybridized carbons (Fsp3) is 0.238. The monoisotopic (exact) mass is 389 g/mol. The number of rotatable bonds is 5. The van der Waals surface area contributed by atoms with Gasteiger partial charge in [0.2, 0.25) is 0 Å². The fourth-order valence-electron chi connectivity index (χ4n) is 3.43. The van der Waals surface area contributed by atoms with Gasteiger partial charge in [0.05, 0.1) is 29.8 Å². The number of nitrogens with zero attached hydrogens (tertiary/aromatic N) is 3. The SMILES string of the molecule is N#Cc1ccccc1NC(=O)c1nc(C(=O)NCc2ccco2)c2n1CCCC2. The van der Waals surface area contributed by atoms with Gasteiger partial charge in [0, 0.05) is 6.54 Å². The second kappa shape index (κ2) is 8.02. The Bertz CT molecular complexity index is 1090. The minimum absolute atomic E-state index is 0.176. The molecule has 0 radical (unpaired) electrons. The maximum atomic E-state index is 12.9. The number of para-hydroxylation sites is 1. The molecule has 8 heteroatoms. The molecule has 1 aromatic carbocycles. The normalized spacial score (nSPS) is 12.7. The van der Waals surface area contributed by atoms with Crippen LogP contribution in [0.1, 0.15) is 51.0 Å². The molecule has 0 bridgehead atoms. The Morgan fingerprint density at radius 1 is 1.17 bits per heavy atom. The van der Waals surface area contributed by atoms with Gasteiger partial charge in [-0.25, -0.2) is 4.98 Å². The van der Waals surface area contributed by atoms with E-state index >= 15 is 0 Å². The van der Waals surface area contributed by atoms with E-state index in [9.17, 15) is 14.9 Å². The molecule has 0 atom stereocenters. The summed E-state index contributed by atoms with van der Waals surface area (Å²) in [7, 11) is 0. The number of aromatic nitrogens is 2. The van der Waals surface area contributed by atoms with E-state index in [-0.39, 0.29) is 24.0 Å². The molecule has 0 fully saturated rings. The molecule has 3 aromatic rings. The zero-order valence-corrected chi connectivity index (χ0v) is 15.6. The van der Waals surface area contributed by atoms with Crippen LogP contribution < -0.4 is 10.6 Å². The lowest BCUT2D eigenvalue weighted by Crippen LogP contribution is -2.25. The quantitative estimate of drug-likeness (QED) is 0.697. The van der Waals surface area contributed by atoms with E-state index in [1.165, 1.54) is 0 Å². The van der Waals surface area contributed by atoms with Crippen LogP contribution in [0.2, 0.25) is 0 Å². The number of carbonyl (C=O) groups is 2. The number of furan rings is 1. The number of nitrogens with one attached hydrogen (secondary N) is 2. The number of hydrogen-bond donors (Lipinski definition) is 2. The van der Waals surface area contributed by atoms with Crippen LogP contribution in [0.15, 0.2) is 47.1 Å². The highest BCUT2D eigenvalue weighted by atomic mass is 16.3. The molecule has 0 unspecified atom stereocenters. The number of carbonyl (C=O) groups excluding carboxylic acids is 2. The summed E-state index contributed by atoms with van der Waals surface area (Å²) in [5.74, 6) is 0.0255. The van der Waals surface area contributed by atoms with Gasteiger partial charge < -0.3 is 19.6 Å². The third kappa shape index (κ3) is 3.75. The summed E-state index contributed by atoms with van der Waals surface area (Å²) in [5.41, 5.74) is 1.79. The van der Waals surface area contributed by atoms with E-state index in [1.807, 2.05) is 0 Å². The highest BCUT2D eigenvalue weighted by molar-refractivity contribution is 6.04. The average Bonchev–Trinajstić information content (AvgIpc) is 3.40. The Morgan fingerprint density at radius 3 is 2.83 bits per heavy atom. The second-order valence-electron chi connectivity index (χ2n) is 6.71. The van der Waals surface area contributed by atoms with Crippen LogP contribution in [0.4, 0.5) is 5.69 Å². The smallest absolute Gasteiger partial charge is 0.291 e. The van der Waals surface area contributed by atoms with E-state index in [0.717, 1.165) is 18.5 Å². The molecule has 0 saturated carbocycles. The summed E-state index contributed by atoms with van der Waals surface area (Å²) >= 11 is 0. The molecular weight excluding hydrogens is 370 g/mol. The van der Waals surface area contributed by atoms with Gasteiger partial charge in [0.15, 0.2) is 5.82 Å². The van der Waals surface area contributed by atoms with E-state index < -0.39 is 5.91 Å². The summed E-state index contributed by atoms with van der Waals surface area (Å²) < 4.78 is 7.03. The van der Waals surface area contributed by atoms with Crippen molar-refractivity contribution >= 4 is 17.5 Å². The van der Waals surface area contributed by atoms with E-state index in [0.29, 0.717) is 30.0 Å². The largest absolute Gasteiger partial charge is 0.467 e. The predicted octanol–water partition coefficient (Wildman–Crippen LogP) is 2.87. The summed E-state index contributed by atoms with van der Waals surface area (Å²) in [6.45, 7) is 0.867. The molecule has 146 valence electrons. The highest BCUT2D eigenvalue weighted by Crippen LogP contribution is 2.23. The van der Waals surface area contributed by atoms with Gasteiger partial charge >= 0.3 is 0 Å². The Morgan fingerprint density at radius 2 is 2.03 bits per heavy atom. The topological polar surface area (TPSA) is 113 Å². The Balaban J connectivity index is 1.59. The minimum Gasteiger partial charge on any atom is -0.467 e. The lowest BCUT2D eigenvalue weighted by molar-refractivity contribution is 0.0942. The summed E-state index contributed by atoms with van der Waals surface area (Å²) in [6.07, 6.45) is 4.06. The molecule has 0 aliphatic carbocycles. The number of nitriles is 1. The number of imidazole rings is 1. The fourth-order valence-corrected chi connectivity index (χ4v) is 3.43. The Kier molecular flexibility index (Phi) is 5.12. The van der Waals surface area contributed by atoms with Crippen molar-refractivity contribution in [3.63, 3.8) is 0 Å². The summed E-state index contributed by atoms with van der Waals surface area (Å²) in [6, 6.07) is 12.3. The molecule has 2 aromatic heterocycles. The van der Waals surface area contributed by atoms with E-state index in [2.05, 4.69) is 21.7 Å². The first kappa shape index (κ1) is 18.5. The van der Waals surface area contributed by atoms with Crippen LogP contribution in [0.5, 0.6) is 0 Å². The van der Waals surface area contributed by atoms with Crippen LogP contribution in [-0.2, 0) is 19.5 Å². The maximum Gasteiger partial charge on any atom is 0.291 e. The third-order valence-electron chi connectivity index (χ3n) is 4.84. The first-order valence-corrected chi connectivity index (χ1v) is 9.38. The van der Waals surface area contributed by atoms with Crippen LogP contribution in [0.3, 0.4) is 0 Å². The number of fused-ring (bicyclic) bond motifs is 1. The van der Waals surface area contributed by atoms with Crippen LogP contribution in [-0.4, -0.2) is 21.4 Å². The molecule has 2 N–H and O–H groups in total. The van der Waals surface area contributed by atoms with Gasteiger partial charge in [0.1, 0.15) is 17.5 Å². The maximum absolute atomic E-state index is 12.9. The number of hydrogen-bond acceptors (Lipinski definition) is 5. The van der Waals surface area contributed by atoms with Gasteiger partial charge in [-0.1, -0.05) is 12.1 Å². The molecule has 2 amide bonds. The van der Waals surface area contributed by atoms with Crippen molar-refractivity contribution in [2.24, 2.45) is 0 Å². The van der Waals surface area contributed by atoms with E-state index in [1.54, 1.807) is 47.2 Å². The molecule has 1 aliphatic rings. The summed E-state index contributed by atoms with van der Waals surface area (Å²) in [4.78, 5) is 30.0.